The molecule has 0 amide bonds. The molecule has 194 valence electrons. The lowest BCUT2D eigenvalue weighted by Gasteiger charge is -2.29. The zero-order chi connectivity index (χ0) is 25.2. The molecule has 1 atom stereocenters. The molecule has 1 saturated carbocycles. The lowest BCUT2D eigenvalue weighted by Crippen LogP contribution is -2.36. The number of ether oxygens (including phenoxy) is 1. The molecule has 3 aliphatic rings. The topological polar surface area (TPSA) is 69.4 Å². The normalized spacial score (nSPS) is 18.4. The number of benzene rings is 2. The number of anilines is 2. The molecule has 1 unspecified atom stereocenters. The van der Waals surface area contributed by atoms with Crippen molar-refractivity contribution in [2.45, 2.75) is 64.3 Å². The Balaban J connectivity index is 1.20. The zero-order valence-electron chi connectivity index (χ0n) is 21.2. The van der Waals surface area contributed by atoms with E-state index in [-0.39, 0.29) is 5.56 Å². The van der Waals surface area contributed by atoms with Crippen molar-refractivity contribution in [3.05, 3.63) is 58.9 Å². The van der Waals surface area contributed by atoms with E-state index in [0.717, 1.165) is 42.3 Å². The van der Waals surface area contributed by atoms with Gasteiger partial charge in [0.05, 0.1) is 18.9 Å². The molecule has 1 aliphatic carbocycles. The third-order valence-electron chi connectivity index (χ3n) is 7.33. The summed E-state index contributed by atoms with van der Waals surface area (Å²) in [6.07, 6.45) is 5.34. The molecular weight excluding hydrogens is 500 g/mol. The van der Waals surface area contributed by atoms with Crippen LogP contribution in [0.15, 0.2) is 72.9 Å². The average Bonchev–Trinajstić information content (AvgIpc) is 3.44. The Bertz CT molecular complexity index is 1320. The number of H-pyrrole nitrogens is 1. The Morgan fingerprint density at radius 3 is 2.70 bits per heavy atom. The second kappa shape index (κ2) is 11.2. The smallest absolute Gasteiger partial charge is 0.250 e. The van der Waals surface area contributed by atoms with Gasteiger partial charge in [0.1, 0.15) is 0 Å². The van der Waals surface area contributed by atoms with Gasteiger partial charge in [-0.05, 0) is 50.1 Å². The van der Waals surface area contributed by atoms with Crippen molar-refractivity contribution in [3.8, 4) is 11.3 Å². The fraction of sp³-hybridized carbons (Fsp3) is 0.414. The molecule has 1 aromatic heterocycles. The number of rotatable bonds is 7. The van der Waals surface area contributed by atoms with E-state index in [4.69, 9.17) is 4.74 Å². The van der Waals surface area contributed by atoms with Crippen molar-refractivity contribution in [1.29, 1.82) is 0 Å². The molecule has 6 rings (SSSR count). The minimum absolute atomic E-state index is 0.0716. The van der Waals surface area contributed by atoms with Crippen LogP contribution >= 0.6 is 23.5 Å². The second-order valence-electron chi connectivity index (χ2n) is 10.1. The van der Waals surface area contributed by atoms with Crippen molar-refractivity contribution >= 4 is 34.9 Å². The maximum atomic E-state index is 12.6. The quantitative estimate of drug-likeness (QED) is 0.276. The number of nitrogens with one attached hydrogen (secondary N) is 3. The zero-order valence-corrected chi connectivity index (χ0v) is 22.9. The minimum Gasteiger partial charge on any atom is -0.381 e. The van der Waals surface area contributed by atoms with Crippen LogP contribution in [0, 0.1) is 0 Å². The van der Waals surface area contributed by atoms with Crippen LogP contribution < -0.4 is 21.1 Å². The number of aromatic nitrogens is 1. The maximum Gasteiger partial charge on any atom is 0.250 e. The molecule has 0 radical (unpaired) electrons. The molecule has 0 bridgehead atoms. The summed E-state index contributed by atoms with van der Waals surface area (Å²) in [4.78, 5) is 22.9. The van der Waals surface area contributed by atoms with Crippen molar-refractivity contribution in [2.24, 2.45) is 0 Å². The molecule has 2 aromatic carbocycles. The number of hydrogen-bond donors (Lipinski definition) is 3. The Kier molecular flexibility index (Phi) is 7.51. The van der Waals surface area contributed by atoms with E-state index in [1.165, 1.54) is 45.3 Å². The summed E-state index contributed by atoms with van der Waals surface area (Å²) in [6.45, 7) is 6.23. The highest BCUT2D eigenvalue weighted by Crippen LogP contribution is 2.52. The van der Waals surface area contributed by atoms with E-state index in [1.54, 1.807) is 17.8 Å². The molecule has 3 aromatic rings. The van der Waals surface area contributed by atoms with Crippen LogP contribution in [0.3, 0.4) is 0 Å². The van der Waals surface area contributed by atoms with E-state index >= 15 is 0 Å². The fourth-order valence-corrected chi connectivity index (χ4v) is 7.80. The molecule has 1 saturated heterocycles. The Hall–Kier alpha value is -2.39. The first-order chi connectivity index (χ1) is 18.1. The van der Waals surface area contributed by atoms with E-state index in [0.29, 0.717) is 25.3 Å². The highest BCUT2D eigenvalue weighted by atomic mass is 32.2. The van der Waals surface area contributed by atoms with Crippen LogP contribution in [0.5, 0.6) is 0 Å². The highest BCUT2D eigenvalue weighted by molar-refractivity contribution is 8.05. The number of hydrogen-bond acceptors (Lipinski definition) is 7. The van der Waals surface area contributed by atoms with Gasteiger partial charge < -0.3 is 25.3 Å². The monoisotopic (exact) mass is 534 g/mol. The van der Waals surface area contributed by atoms with Gasteiger partial charge in [-0.2, -0.15) is 0 Å². The van der Waals surface area contributed by atoms with Gasteiger partial charge in [0.15, 0.2) is 0 Å². The third kappa shape index (κ3) is 5.72. The number of fused-ring (bicyclic) bond motifs is 2. The van der Waals surface area contributed by atoms with Crippen LogP contribution in [-0.4, -0.2) is 49.9 Å². The van der Waals surface area contributed by atoms with E-state index < -0.39 is 0 Å². The summed E-state index contributed by atoms with van der Waals surface area (Å²) in [6, 6.07) is 17.9. The van der Waals surface area contributed by atoms with Crippen molar-refractivity contribution in [1.82, 2.24) is 10.3 Å². The van der Waals surface area contributed by atoms with Gasteiger partial charge in [-0.1, -0.05) is 48.5 Å². The van der Waals surface area contributed by atoms with Crippen molar-refractivity contribution < 1.29 is 4.74 Å². The Morgan fingerprint density at radius 1 is 1.03 bits per heavy atom. The predicted octanol–water partition coefficient (Wildman–Crippen LogP) is 5.83. The van der Waals surface area contributed by atoms with Gasteiger partial charge in [0.25, 0.3) is 0 Å². The molecule has 2 aliphatic heterocycles. The second-order valence-corrected chi connectivity index (χ2v) is 12.3. The average molecular weight is 535 g/mol. The maximum absolute atomic E-state index is 12.6. The van der Waals surface area contributed by atoms with Crippen molar-refractivity contribution in [2.75, 3.05) is 43.1 Å². The van der Waals surface area contributed by atoms with Gasteiger partial charge >= 0.3 is 0 Å². The number of aromatic amines is 1. The van der Waals surface area contributed by atoms with Gasteiger partial charge in [-0.3, -0.25) is 4.79 Å². The Labute approximate surface area is 227 Å². The summed E-state index contributed by atoms with van der Waals surface area (Å²) in [5.41, 5.74) is 3.99. The summed E-state index contributed by atoms with van der Waals surface area (Å²) in [7, 11) is 0. The van der Waals surface area contributed by atoms with Crippen LogP contribution in [0.25, 0.3) is 11.3 Å². The molecule has 8 heteroatoms. The molecular formula is C29H34N4O2S2. The first kappa shape index (κ1) is 24.9. The highest BCUT2D eigenvalue weighted by Gasteiger charge is 2.22. The first-order valence-electron chi connectivity index (χ1n) is 13.3. The van der Waals surface area contributed by atoms with Gasteiger partial charge in [0, 0.05) is 74.3 Å². The number of morpholine rings is 1. The molecule has 0 spiro atoms. The fourth-order valence-electron chi connectivity index (χ4n) is 5.39. The van der Waals surface area contributed by atoms with Crippen LogP contribution in [-0.2, 0) is 4.74 Å². The van der Waals surface area contributed by atoms with Gasteiger partial charge in [0.2, 0.25) is 5.56 Å². The van der Waals surface area contributed by atoms with Crippen molar-refractivity contribution in [3.63, 3.8) is 0 Å². The predicted molar refractivity (Wildman–Crippen MR) is 154 cm³/mol. The largest absolute Gasteiger partial charge is 0.381 e. The lowest BCUT2D eigenvalue weighted by molar-refractivity contribution is 0.122. The SMILES string of the molecule is CC(CNC1CCCC1)Nc1ccc2c(c1)Sc1cccc(-c3cc(N4CCOCC4)cc(=O)[nH]3)c1S2. The van der Waals surface area contributed by atoms with Crippen LogP contribution in [0.1, 0.15) is 32.6 Å². The molecule has 3 N–H and O–H groups in total. The van der Waals surface area contributed by atoms with Gasteiger partial charge in [-0.15, -0.1) is 0 Å². The first-order valence-corrected chi connectivity index (χ1v) is 15.0. The number of nitrogens with zero attached hydrogens (tertiary/aromatic N) is 1. The van der Waals surface area contributed by atoms with Gasteiger partial charge in [-0.25, -0.2) is 0 Å². The summed E-state index contributed by atoms with van der Waals surface area (Å²) >= 11 is 3.60. The lowest BCUT2D eigenvalue weighted by atomic mass is 10.1. The summed E-state index contributed by atoms with van der Waals surface area (Å²) in [5.74, 6) is 0. The minimum atomic E-state index is -0.0716. The van der Waals surface area contributed by atoms with Crippen LogP contribution in [0.2, 0.25) is 0 Å². The van der Waals surface area contributed by atoms with Crippen LogP contribution in [0.4, 0.5) is 11.4 Å². The Morgan fingerprint density at radius 2 is 1.86 bits per heavy atom. The van der Waals surface area contributed by atoms with E-state index in [1.807, 2.05) is 11.8 Å². The summed E-state index contributed by atoms with van der Waals surface area (Å²) in [5, 5.41) is 7.40. The standard InChI is InChI=1S/C29H34N4O2S2/c1-19(18-30-20-5-2-3-6-20)31-21-9-10-25-27(15-21)36-26-8-4-7-23(29(26)37-25)24-16-22(17-28(34)32-24)33-11-13-35-14-12-33/h4,7-10,15-17,19-20,30-31H,2-3,5-6,11-14,18H2,1H3,(H,32,34). The number of pyridine rings is 1. The molecule has 2 fully saturated rings. The molecule has 37 heavy (non-hydrogen) atoms. The van der Waals surface area contributed by atoms with E-state index in [2.05, 4.69) is 69.9 Å². The molecule has 3 heterocycles. The molecule has 6 nitrogen and oxygen atoms in total. The summed E-state index contributed by atoms with van der Waals surface area (Å²) < 4.78 is 5.50. The van der Waals surface area contributed by atoms with E-state index in [9.17, 15) is 4.79 Å². The third-order valence-corrected chi connectivity index (χ3v) is 9.93.